The van der Waals surface area contributed by atoms with Crippen molar-refractivity contribution in [3.63, 3.8) is 0 Å². The summed E-state index contributed by atoms with van der Waals surface area (Å²) in [5.41, 5.74) is -0.886. The van der Waals surface area contributed by atoms with Gasteiger partial charge in [0.15, 0.2) is 5.82 Å². The lowest BCUT2D eigenvalue weighted by Crippen LogP contribution is -2.22. The minimum absolute atomic E-state index is 0.00259. The Labute approximate surface area is 246 Å². The zero-order chi connectivity index (χ0) is 31.2. The van der Waals surface area contributed by atoms with Gasteiger partial charge < -0.3 is 14.2 Å². The molecule has 2 aromatic carbocycles. The van der Waals surface area contributed by atoms with Crippen molar-refractivity contribution in [2.24, 2.45) is 4.36 Å². The zero-order valence-electron chi connectivity index (χ0n) is 23.4. The van der Waals surface area contributed by atoms with Gasteiger partial charge >= 0.3 is 6.09 Å². The maximum Gasteiger partial charge on any atom is 0.442 e. The normalized spacial score (nSPS) is 13.5. The summed E-state index contributed by atoms with van der Waals surface area (Å²) >= 11 is 5.79. The van der Waals surface area contributed by atoms with Crippen LogP contribution >= 0.6 is 11.6 Å². The predicted molar refractivity (Wildman–Crippen MR) is 152 cm³/mol. The third kappa shape index (κ3) is 9.87. The van der Waals surface area contributed by atoms with Crippen LogP contribution in [0.1, 0.15) is 39.7 Å². The van der Waals surface area contributed by atoms with E-state index in [9.17, 15) is 27.9 Å². The Kier molecular flexibility index (Phi) is 10.4. The van der Waals surface area contributed by atoms with Gasteiger partial charge in [0, 0.05) is 30.4 Å². The summed E-state index contributed by atoms with van der Waals surface area (Å²) in [5, 5.41) is 11.3. The van der Waals surface area contributed by atoms with Crippen LogP contribution in [0, 0.1) is 21.7 Å². The van der Waals surface area contributed by atoms with E-state index >= 15 is 0 Å². The molecule has 0 fully saturated rings. The number of hydrogen-bond acceptors (Lipinski definition) is 9. The monoisotopic (exact) mass is 626 g/mol. The predicted octanol–water partition coefficient (Wildman–Crippen LogP) is 6.75. The van der Waals surface area contributed by atoms with Gasteiger partial charge in [-0.15, -0.1) is 4.36 Å². The third-order valence-corrected chi connectivity index (χ3v) is 6.88. The fourth-order valence-electron chi connectivity index (χ4n) is 3.65. The van der Waals surface area contributed by atoms with Crippen molar-refractivity contribution >= 4 is 33.1 Å². The maximum absolute atomic E-state index is 14.3. The molecule has 1 amide bonds. The van der Waals surface area contributed by atoms with Gasteiger partial charge in [0.25, 0.3) is 5.69 Å². The van der Waals surface area contributed by atoms with E-state index in [-0.39, 0.29) is 58.1 Å². The number of nitro groups is 1. The Hall–Kier alpha value is -3.91. The summed E-state index contributed by atoms with van der Waals surface area (Å²) in [6.07, 6.45) is 0.818. The molecule has 2 atom stereocenters. The minimum atomic E-state index is -3.15. The molecule has 0 aliphatic carbocycles. The number of halogens is 3. The Morgan fingerprint density at radius 2 is 1.93 bits per heavy atom. The number of ether oxygens (including phenoxy) is 3. The Morgan fingerprint density at radius 1 is 1.21 bits per heavy atom. The number of nitro benzene ring substituents is 1. The molecule has 3 aromatic rings. The van der Waals surface area contributed by atoms with Gasteiger partial charge in [0.05, 0.1) is 45.4 Å². The quantitative estimate of drug-likeness (QED) is 0.135. The van der Waals surface area contributed by atoms with Crippen LogP contribution in [-0.4, -0.2) is 49.8 Å². The van der Waals surface area contributed by atoms with E-state index in [0.717, 1.165) is 18.3 Å². The van der Waals surface area contributed by atoms with Crippen molar-refractivity contribution in [2.45, 2.75) is 51.6 Å². The molecule has 0 bridgehead atoms. The Bertz CT molecular complexity index is 1610. The van der Waals surface area contributed by atoms with Crippen molar-refractivity contribution in [1.82, 2.24) is 9.97 Å². The summed E-state index contributed by atoms with van der Waals surface area (Å²) in [6.45, 7) is 6.59. The summed E-state index contributed by atoms with van der Waals surface area (Å²) in [5.74, 6) is -1.53. The molecule has 226 valence electrons. The van der Waals surface area contributed by atoms with Gasteiger partial charge in [0.2, 0.25) is 5.28 Å². The Morgan fingerprint density at radius 3 is 2.60 bits per heavy atom. The fraction of sp³-hybridized carbons (Fsp3) is 0.370. The molecule has 0 radical (unpaired) electrons. The van der Waals surface area contributed by atoms with Crippen molar-refractivity contribution < 1.29 is 36.9 Å². The second-order valence-electron chi connectivity index (χ2n) is 10.3. The Balaban J connectivity index is 1.73. The van der Waals surface area contributed by atoms with Gasteiger partial charge in [-0.3, -0.25) is 10.1 Å². The largest absolute Gasteiger partial charge is 0.493 e. The van der Waals surface area contributed by atoms with Crippen molar-refractivity contribution in [2.75, 3.05) is 12.9 Å². The maximum atomic E-state index is 14.3. The van der Waals surface area contributed by atoms with Crippen LogP contribution in [0.4, 0.5) is 19.3 Å². The number of carbonyl (C=O) groups is 1. The van der Waals surface area contributed by atoms with Gasteiger partial charge in [-0.1, -0.05) is 0 Å². The van der Waals surface area contributed by atoms with Gasteiger partial charge in [-0.25, -0.2) is 27.8 Å². The highest BCUT2D eigenvalue weighted by Crippen LogP contribution is 2.32. The summed E-state index contributed by atoms with van der Waals surface area (Å²) < 4.78 is 61.5. The first-order chi connectivity index (χ1) is 19.5. The molecular formula is C27H29ClF2N4O7S. The molecule has 3 rings (SSSR count). The van der Waals surface area contributed by atoms with E-state index in [0.29, 0.717) is 0 Å². The number of nitrogens with zero attached hydrogens (tertiary/aromatic N) is 4. The fourth-order valence-corrected chi connectivity index (χ4v) is 4.99. The van der Waals surface area contributed by atoms with Crippen molar-refractivity contribution in [3.05, 3.63) is 75.2 Å². The lowest BCUT2D eigenvalue weighted by atomic mass is 10.1. The highest BCUT2D eigenvalue weighted by molar-refractivity contribution is 7.92. The topological polar surface area (TPSA) is 143 Å². The van der Waals surface area contributed by atoms with Crippen LogP contribution in [0.25, 0.3) is 11.3 Å². The van der Waals surface area contributed by atoms with E-state index in [1.807, 2.05) is 0 Å². The van der Waals surface area contributed by atoms with Crippen LogP contribution in [0.5, 0.6) is 11.5 Å². The van der Waals surface area contributed by atoms with E-state index in [2.05, 4.69) is 14.3 Å². The number of rotatable bonds is 10. The average Bonchev–Trinajstić information content (AvgIpc) is 2.83. The number of hydrogen-bond donors (Lipinski definition) is 0. The highest BCUT2D eigenvalue weighted by atomic mass is 35.5. The molecule has 0 N–H and O–H groups in total. The smallest absolute Gasteiger partial charge is 0.442 e. The number of amides is 1. The SMILES string of the molecule is CC(CCOc1cc(F)ccc1-c1nc(Cl)ncc1F)Oc1cc(CS(C)(=O)=NC(=O)OC(C)(C)C)cc([N+](=O)[O-])c1. The van der Waals surface area contributed by atoms with Gasteiger partial charge in [-0.2, -0.15) is 0 Å². The first kappa shape index (κ1) is 32.6. The molecule has 15 heteroatoms. The van der Waals surface area contributed by atoms with E-state index < -0.39 is 44.1 Å². The van der Waals surface area contributed by atoms with Gasteiger partial charge in [0.1, 0.15) is 28.6 Å². The summed E-state index contributed by atoms with van der Waals surface area (Å²) in [6, 6.07) is 7.39. The highest BCUT2D eigenvalue weighted by Gasteiger charge is 2.20. The lowest BCUT2D eigenvalue weighted by Gasteiger charge is -2.18. The molecule has 0 aliphatic heterocycles. The number of carbonyl (C=O) groups excluding carboxylic acids is 1. The first-order valence-electron chi connectivity index (χ1n) is 12.5. The van der Waals surface area contributed by atoms with Crippen LogP contribution < -0.4 is 9.47 Å². The van der Waals surface area contributed by atoms with Crippen LogP contribution in [-0.2, 0) is 20.2 Å². The molecular weight excluding hydrogens is 598 g/mol. The molecule has 0 spiro atoms. The average molecular weight is 627 g/mol. The van der Waals surface area contributed by atoms with Crippen molar-refractivity contribution in [3.8, 4) is 22.8 Å². The van der Waals surface area contributed by atoms with Crippen LogP contribution in [0.3, 0.4) is 0 Å². The number of non-ortho nitro benzene ring substituents is 1. The summed E-state index contributed by atoms with van der Waals surface area (Å²) in [4.78, 5) is 30.4. The zero-order valence-corrected chi connectivity index (χ0v) is 25.0. The third-order valence-electron chi connectivity index (χ3n) is 5.29. The molecule has 42 heavy (non-hydrogen) atoms. The number of aromatic nitrogens is 2. The molecule has 1 aromatic heterocycles. The van der Waals surface area contributed by atoms with Crippen LogP contribution in [0.2, 0.25) is 5.28 Å². The second-order valence-corrected chi connectivity index (χ2v) is 13.0. The molecule has 2 unspecified atom stereocenters. The summed E-state index contributed by atoms with van der Waals surface area (Å²) in [7, 11) is -3.15. The molecule has 0 saturated carbocycles. The molecule has 11 nitrogen and oxygen atoms in total. The molecule has 0 saturated heterocycles. The van der Waals surface area contributed by atoms with Crippen LogP contribution in [0.15, 0.2) is 47.0 Å². The molecule has 1 heterocycles. The molecule has 0 aliphatic rings. The van der Waals surface area contributed by atoms with E-state index in [4.69, 9.17) is 25.8 Å². The lowest BCUT2D eigenvalue weighted by molar-refractivity contribution is -0.385. The second kappa shape index (κ2) is 13.4. The van der Waals surface area contributed by atoms with Gasteiger partial charge in [-0.05, 0) is 63.1 Å². The van der Waals surface area contributed by atoms with E-state index in [1.165, 1.54) is 30.5 Å². The van der Waals surface area contributed by atoms with Crippen molar-refractivity contribution in [1.29, 1.82) is 0 Å². The minimum Gasteiger partial charge on any atom is -0.493 e. The first-order valence-corrected chi connectivity index (χ1v) is 15.0. The standard InChI is InChI=1S/C27H29ClF2N4O7S/c1-16(8-9-39-23-12-18(29)6-7-21(23)24-22(30)14-31-25(28)32-24)40-20-11-17(10-19(13-20)34(36)37)15-42(5,38)33-26(35)41-27(2,3)4/h6-7,10-14,16H,8-9,15H2,1-5H3. The number of benzene rings is 2. The van der Waals surface area contributed by atoms with E-state index in [1.54, 1.807) is 27.7 Å².